The summed E-state index contributed by atoms with van der Waals surface area (Å²) in [5.74, 6) is 0.767. The fourth-order valence-corrected chi connectivity index (χ4v) is 0.860. The minimum atomic E-state index is 0.633. The molecule has 0 aliphatic rings. The first-order valence-corrected chi connectivity index (χ1v) is 4.19. The van der Waals surface area contributed by atoms with Crippen molar-refractivity contribution in [1.82, 2.24) is 0 Å². The Kier molecular flexibility index (Phi) is 3.61. The predicted molar refractivity (Wildman–Crippen MR) is 48.1 cm³/mol. The molecular weight excluding hydrogens is 152 g/mol. The Morgan fingerprint density at radius 3 is 2.83 bits per heavy atom. The van der Waals surface area contributed by atoms with Gasteiger partial charge in [-0.2, -0.15) is 4.89 Å². The van der Waals surface area contributed by atoms with Gasteiger partial charge in [0.1, 0.15) is 0 Å². The summed E-state index contributed by atoms with van der Waals surface area (Å²) < 4.78 is 0. The number of benzene rings is 1. The van der Waals surface area contributed by atoms with Crippen molar-refractivity contribution in [2.24, 2.45) is 0 Å². The first kappa shape index (κ1) is 9.07. The summed E-state index contributed by atoms with van der Waals surface area (Å²) in [6.45, 7) is 4.69. The Morgan fingerprint density at radius 1 is 1.33 bits per heavy atom. The fraction of sp³-hybridized carbons (Fsp3) is 0.400. The summed E-state index contributed by atoms with van der Waals surface area (Å²) in [4.78, 5) is 9.95. The minimum absolute atomic E-state index is 0.633. The van der Waals surface area contributed by atoms with Crippen LogP contribution in [0.5, 0.6) is 5.75 Å². The summed E-state index contributed by atoms with van der Waals surface area (Å²) in [6, 6.07) is 7.78. The minimum Gasteiger partial charge on any atom is -0.338 e. The largest absolute Gasteiger partial charge is 0.338 e. The molecule has 0 saturated carbocycles. The van der Waals surface area contributed by atoms with Gasteiger partial charge in [-0.15, -0.1) is 0 Å². The maximum atomic E-state index is 5.03. The molecule has 0 N–H and O–H groups in total. The van der Waals surface area contributed by atoms with E-state index in [1.165, 1.54) is 5.56 Å². The van der Waals surface area contributed by atoms with E-state index in [4.69, 9.17) is 9.78 Å². The van der Waals surface area contributed by atoms with Crippen molar-refractivity contribution in [2.45, 2.75) is 20.3 Å². The van der Waals surface area contributed by atoms with Crippen LogP contribution in [0.15, 0.2) is 24.3 Å². The molecule has 0 radical (unpaired) electrons. The third-order valence-electron chi connectivity index (χ3n) is 1.43. The molecule has 0 amide bonds. The highest BCUT2D eigenvalue weighted by molar-refractivity contribution is 5.26. The number of aryl methyl sites for hydroxylation is 1. The van der Waals surface area contributed by atoms with Gasteiger partial charge in [0, 0.05) is 0 Å². The first-order valence-electron chi connectivity index (χ1n) is 4.19. The van der Waals surface area contributed by atoms with Gasteiger partial charge in [-0.25, -0.2) is 0 Å². The van der Waals surface area contributed by atoms with Crippen molar-refractivity contribution in [3.63, 3.8) is 0 Å². The molecule has 0 aliphatic carbocycles. The lowest BCUT2D eigenvalue weighted by Crippen LogP contribution is -1.97. The monoisotopic (exact) mass is 166 g/mol. The van der Waals surface area contributed by atoms with Gasteiger partial charge >= 0.3 is 0 Å². The van der Waals surface area contributed by atoms with Crippen LogP contribution in [-0.4, -0.2) is 6.61 Å². The summed E-state index contributed by atoms with van der Waals surface area (Å²) in [5.41, 5.74) is 1.17. The van der Waals surface area contributed by atoms with Gasteiger partial charge < -0.3 is 4.89 Å². The van der Waals surface area contributed by atoms with Crippen molar-refractivity contribution < 1.29 is 9.78 Å². The molecule has 0 aliphatic heterocycles. The normalized spacial score (nSPS) is 9.83. The van der Waals surface area contributed by atoms with Crippen LogP contribution in [0, 0.1) is 6.92 Å². The van der Waals surface area contributed by atoms with Crippen molar-refractivity contribution in [2.75, 3.05) is 6.61 Å². The second-order valence-corrected chi connectivity index (χ2v) is 2.72. The van der Waals surface area contributed by atoms with Crippen LogP contribution in [0.1, 0.15) is 18.9 Å². The number of hydrogen-bond acceptors (Lipinski definition) is 2. The van der Waals surface area contributed by atoms with E-state index >= 15 is 0 Å². The van der Waals surface area contributed by atoms with Gasteiger partial charge in [0.25, 0.3) is 0 Å². The molecule has 2 nitrogen and oxygen atoms in total. The molecule has 2 heteroatoms. The van der Waals surface area contributed by atoms with Crippen LogP contribution >= 0.6 is 0 Å². The van der Waals surface area contributed by atoms with Crippen LogP contribution in [-0.2, 0) is 4.89 Å². The zero-order valence-corrected chi connectivity index (χ0v) is 7.54. The molecule has 1 aromatic rings. The van der Waals surface area contributed by atoms with Crippen LogP contribution < -0.4 is 4.89 Å². The number of rotatable bonds is 4. The van der Waals surface area contributed by atoms with Crippen molar-refractivity contribution in [1.29, 1.82) is 0 Å². The van der Waals surface area contributed by atoms with Crippen molar-refractivity contribution >= 4 is 0 Å². The summed E-state index contributed by atoms with van der Waals surface area (Å²) in [6.07, 6.45) is 0.964. The topological polar surface area (TPSA) is 18.5 Å². The Balaban J connectivity index is 2.41. The SMILES string of the molecule is CCCOOc1cccc(C)c1. The van der Waals surface area contributed by atoms with Crippen LogP contribution in [0.25, 0.3) is 0 Å². The van der Waals surface area contributed by atoms with Gasteiger partial charge in [0.05, 0.1) is 6.61 Å². The molecule has 66 valence electrons. The summed E-state index contributed by atoms with van der Waals surface area (Å²) in [7, 11) is 0. The van der Waals surface area contributed by atoms with E-state index in [1.807, 2.05) is 38.1 Å². The Bertz CT molecular complexity index is 233. The van der Waals surface area contributed by atoms with E-state index in [1.54, 1.807) is 0 Å². The third kappa shape index (κ3) is 2.93. The Hall–Kier alpha value is -1.02. The second-order valence-electron chi connectivity index (χ2n) is 2.72. The highest BCUT2D eigenvalue weighted by Gasteiger charge is 1.93. The molecule has 12 heavy (non-hydrogen) atoms. The molecule has 0 heterocycles. The molecule has 0 aromatic heterocycles. The first-order chi connectivity index (χ1) is 5.83. The zero-order valence-electron chi connectivity index (χ0n) is 7.54. The molecular formula is C10H14O2. The Morgan fingerprint density at radius 2 is 2.17 bits per heavy atom. The van der Waals surface area contributed by atoms with E-state index in [0.29, 0.717) is 6.61 Å². The van der Waals surface area contributed by atoms with Crippen LogP contribution in [0.2, 0.25) is 0 Å². The number of hydrogen-bond donors (Lipinski definition) is 0. The lowest BCUT2D eigenvalue weighted by molar-refractivity contribution is -0.206. The predicted octanol–water partition coefficient (Wildman–Crippen LogP) is 2.72. The van der Waals surface area contributed by atoms with Gasteiger partial charge in [-0.3, -0.25) is 0 Å². The van der Waals surface area contributed by atoms with Gasteiger partial charge in [-0.05, 0) is 31.0 Å². The fourth-order valence-electron chi connectivity index (χ4n) is 0.860. The van der Waals surface area contributed by atoms with E-state index in [-0.39, 0.29) is 0 Å². The van der Waals surface area contributed by atoms with Crippen LogP contribution in [0.3, 0.4) is 0 Å². The maximum absolute atomic E-state index is 5.03. The third-order valence-corrected chi connectivity index (χ3v) is 1.43. The molecule has 0 atom stereocenters. The molecule has 0 fully saturated rings. The Labute approximate surface area is 73.0 Å². The van der Waals surface area contributed by atoms with E-state index in [0.717, 1.165) is 12.2 Å². The maximum Gasteiger partial charge on any atom is 0.165 e. The van der Waals surface area contributed by atoms with Crippen LogP contribution in [0.4, 0.5) is 0 Å². The highest BCUT2D eigenvalue weighted by atomic mass is 17.2. The molecule has 0 spiro atoms. The standard InChI is InChI=1S/C10H14O2/c1-3-7-11-12-10-6-4-5-9(2)8-10/h4-6,8H,3,7H2,1-2H3. The molecule has 0 unspecified atom stereocenters. The summed E-state index contributed by atoms with van der Waals surface area (Å²) in [5, 5.41) is 0. The lowest BCUT2D eigenvalue weighted by Gasteiger charge is -2.03. The lowest BCUT2D eigenvalue weighted by atomic mass is 10.2. The average molecular weight is 166 g/mol. The summed E-state index contributed by atoms with van der Waals surface area (Å²) >= 11 is 0. The van der Waals surface area contributed by atoms with Crippen molar-refractivity contribution in [3.05, 3.63) is 29.8 Å². The molecule has 0 bridgehead atoms. The molecule has 1 aromatic carbocycles. The zero-order chi connectivity index (χ0) is 8.81. The molecule has 0 saturated heterocycles. The average Bonchev–Trinajstić information content (AvgIpc) is 2.05. The smallest absolute Gasteiger partial charge is 0.165 e. The second kappa shape index (κ2) is 4.78. The quantitative estimate of drug-likeness (QED) is 0.389. The van der Waals surface area contributed by atoms with E-state index in [2.05, 4.69) is 0 Å². The van der Waals surface area contributed by atoms with Crippen molar-refractivity contribution in [3.8, 4) is 5.75 Å². The van der Waals surface area contributed by atoms with E-state index in [9.17, 15) is 0 Å². The van der Waals surface area contributed by atoms with Gasteiger partial charge in [0.2, 0.25) is 0 Å². The van der Waals surface area contributed by atoms with Gasteiger partial charge in [0.15, 0.2) is 5.75 Å². The van der Waals surface area contributed by atoms with E-state index < -0.39 is 0 Å². The molecule has 1 rings (SSSR count). The van der Waals surface area contributed by atoms with Gasteiger partial charge in [-0.1, -0.05) is 19.1 Å². The highest BCUT2D eigenvalue weighted by Crippen LogP contribution is 2.12.